The predicted molar refractivity (Wildman–Crippen MR) is 109 cm³/mol. The fourth-order valence-electron chi connectivity index (χ4n) is 2.46. The van der Waals surface area contributed by atoms with Crippen molar-refractivity contribution < 1.29 is 5.11 Å². The van der Waals surface area contributed by atoms with Crippen molar-refractivity contribution in [2.24, 2.45) is 0 Å². The van der Waals surface area contributed by atoms with E-state index in [1.807, 2.05) is 55.5 Å². The average molecular weight is 413 g/mol. The van der Waals surface area contributed by atoms with Crippen molar-refractivity contribution in [3.05, 3.63) is 70.7 Å². The number of nitrogens with one attached hydrogen (secondary N) is 2. The highest BCUT2D eigenvalue weighted by Gasteiger charge is 2.09. The molecule has 0 bridgehead atoms. The van der Waals surface area contributed by atoms with Crippen molar-refractivity contribution >= 4 is 27.7 Å². The number of benzene rings is 2. The number of hydrogen-bond donors (Lipinski definition) is 3. The number of anilines is 2. The van der Waals surface area contributed by atoms with E-state index in [0.717, 1.165) is 27.1 Å². The van der Waals surface area contributed by atoms with Crippen LogP contribution in [0, 0.1) is 0 Å². The number of hydrogen-bond acceptors (Lipinski definition) is 5. The molecule has 0 aliphatic rings. The Kier molecular flexibility index (Phi) is 6.20. The van der Waals surface area contributed by atoms with Crippen molar-refractivity contribution in [3.63, 3.8) is 0 Å². The van der Waals surface area contributed by atoms with Gasteiger partial charge in [-0.3, -0.25) is 0 Å². The molecule has 134 valence electrons. The van der Waals surface area contributed by atoms with Crippen LogP contribution in [0.25, 0.3) is 11.3 Å². The van der Waals surface area contributed by atoms with Gasteiger partial charge in [-0.05, 0) is 24.6 Å². The Bertz CT molecular complexity index is 857. The first-order valence-corrected chi connectivity index (χ1v) is 9.23. The lowest BCUT2D eigenvalue weighted by Gasteiger charge is -2.14. The number of rotatable bonds is 7. The van der Waals surface area contributed by atoms with Crippen molar-refractivity contribution in [2.75, 3.05) is 17.2 Å². The summed E-state index contributed by atoms with van der Waals surface area (Å²) in [6, 6.07) is 19.9. The molecule has 1 aromatic heterocycles. The van der Waals surface area contributed by atoms with Gasteiger partial charge in [0.1, 0.15) is 5.82 Å². The van der Waals surface area contributed by atoms with E-state index in [1.165, 1.54) is 0 Å². The molecule has 1 heterocycles. The van der Waals surface area contributed by atoms with Crippen LogP contribution in [0.15, 0.2) is 65.1 Å². The molecule has 3 N–H and O–H groups in total. The first-order chi connectivity index (χ1) is 12.6. The molecule has 5 nitrogen and oxygen atoms in total. The van der Waals surface area contributed by atoms with E-state index in [0.29, 0.717) is 12.5 Å². The van der Waals surface area contributed by atoms with Crippen LogP contribution in [0.4, 0.5) is 11.8 Å². The molecular weight excluding hydrogens is 392 g/mol. The molecule has 0 radical (unpaired) electrons. The largest absolute Gasteiger partial charge is 0.394 e. The minimum absolute atomic E-state index is 0.0136. The topological polar surface area (TPSA) is 70.1 Å². The minimum atomic E-state index is -0.126. The standard InChI is InChI=1S/C20H21BrN4O/c1-14(13-26)23-20-24-18(16-7-3-2-4-8-16)11-19(25-20)22-12-15-6-5-9-17(21)10-15/h2-11,14,26H,12-13H2,1H3,(H2,22,23,24,25)/t14-/m0/s1. The van der Waals surface area contributed by atoms with Gasteiger partial charge in [0.15, 0.2) is 0 Å². The maximum absolute atomic E-state index is 9.29. The van der Waals surface area contributed by atoms with Gasteiger partial charge in [-0.2, -0.15) is 4.98 Å². The van der Waals surface area contributed by atoms with Gasteiger partial charge < -0.3 is 15.7 Å². The summed E-state index contributed by atoms with van der Waals surface area (Å²) in [7, 11) is 0. The van der Waals surface area contributed by atoms with Crippen LogP contribution in [-0.2, 0) is 6.54 Å². The number of nitrogens with zero attached hydrogens (tertiary/aromatic N) is 2. The zero-order valence-electron chi connectivity index (χ0n) is 14.5. The van der Waals surface area contributed by atoms with Crippen LogP contribution in [-0.4, -0.2) is 27.7 Å². The van der Waals surface area contributed by atoms with Crippen molar-refractivity contribution in [2.45, 2.75) is 19.5 Å². The van der Waals surface area contributed by atoms with E-state index in [4.69, 9.17) is 0 Å². The SMILES string of the molecule is C[C@@H](CO)Nc1nc(NCc2cccc(Br)c2)cc(-c2ccccc2)n1. The maximum Gasteiger partial charge on any atom is 0.225 e. The van der Waals surface area contributed by atoms with Gasteiger partial charge in [0.25, 0.3) is 0 Å². The van der Waals surface area contributed by atoms with Crippen molar-refractivity contribution in [3.8, 4) is 11.3 Å². The van der Waals surface area contributed by atoms with E-state index in [1.54, 1.807) is 0 Å². The molecule has 26 heavy (non-hydrogen) atoms. The Hall–Kier alpha value is -2.44. The zero-order valence-corrected chi connectivity index (χ0v) is 16.1. The van der Waals surface area contributed by atoms with E-state index < -0.39 is 0 Å². The summed E-state index contributed by atoms with van der Waals surface area (Å²) in [6.45, 7) is 2.55. The third-order valence-corrected chi connectivity index (χ3v) is 4.30. The normalized spacial score (nSPS) is 11.8. The van der Waals surface area contributed by atoms with Gasteiger partial charge in [0.2, 0.25) is 5.95 Å². The summed E-state index contributed by atoms with van der Waals surface area (Å²) in [6.07, 6.45) is 0. The lowest BCUT2D eigenvalue weighted by atomic mass is 10.1. The van der Waals surface area contributed by atoms with Crippen molar-refractivity contribution in [1.29, 1.82) is 0 Å². The molecule has 0 saturated carbocycles. The van der Waals surface area contributed by atoms with Gasteiger partial charge in [-0.15, -0.1) is 0 Å². The number of halogens is 1. The molecule has 0 unspecified atom stereocenters. The summed E-state index contributed by atoms with van der Waals surface area (Å²) in [5.74, 6) is 1.22. The molecule has 3 aromatic rings. The lowest BCUT2D eigenvalue weighted by molar-refractivity contribution is 0.281. The van der Waals surface area contributed by atoms with Crippen LogP contribution >= 0.6 is 15.9 Å². The Morgan fingerprint density at radius 2 is 1.85 bits per heavy atom. The lowest BCUT2D eigenvalue weighted by Crippen LogP contribution is -2.21. The molecule has 1 atom stereocenters. The predicted octanol–water partition coefficient (Wildman–Crippen LogP) is 4.31. The summed E-state index contributed by atoms with van der Waals surface area (Å²) < 4.78 is 1.04. The van der Waals surface area contributed by atoms with Gasteiger partial charge in [0.05, 0.1) is 12.3 Å². The Balaban J connectivity index is 1.86. The fraction of sp³-hybridized carbons (Fsp3) is 0.200. The molecule has 2 aromatic carbocycles. The molecular formula is C20H21BrN4O. The molecule has 6 heteroatoms. The summed E-state index contributed by atoms with van der Waals surface area (Å²) in [4.78, 5) is 9.11. The second-order valence-corrected chi connectivity index (χ2v) is 6.96. The zero-order chi connectivity index (χ0) is 18.4. The summed E-state index contributed by atoms with van der Waals surface area (Å²) >= 11 is 3.49. The van der Waals surface area contributed by atoms with Crippen LogP contribution in [0.2, 0.25) is 0 Å². The molecule has 0 amide bonds. The summed E-state index contributed by atoms with van der Waals surface area (Å²) in [5, 5.41) is 15.8. The third-order valence-electron chi connectivity index (χ3n) is 3.81. The van der Waals surface area contributed by atoms with Gasteiger partial charge in [-0.1, -0.05) is 58.4 Å². The number of aromatic nitrogens is 2. The van der Waals surface area contributed by atoms with Crippen LogP contribution in [0.5, 0.6) is 0 Å². The molecule has 3 rings (SSSR count). The van der Waals surface area contributed by atoms with E-state index >= 15 is 0 Å². The highest BCUT2D eigenvalue weighted by molar-refractivity contribution is 9.10. The third kappa shape index (κ3) is 5.03. The quantitative estimate of drug-likeness (QED) is 0.539. The second kappa shape index (κ2) is 8.78. The highest BCUT2D eigenvalue weighted by atomic mass is 79.9. The minimum Gasteiger partial charge on any atom is -0.394 e. The number of aliphatic hydroxyl groups excluding tert-OH is 1. The smallest absolute Gasteiger partial charge is 0.225 e. The van der Waals surface area contributed by atoms with E-state index in [2.05, 4.69) is 48.7 Å². The van der Waals surface area contributed by atoms with Crippen LogP contribution < -0.4 is 10.6 Å². The molecule has 0 aliphatic carbocycles. The first-order valence-electron chi connectivity index (χ1n) is 8.44. The summed E-state index contributed by atoms with van der Waals surface area (Å²) in [5.41, 5.74) is 2.99. The molecule has 0 saturated heterocycles. The van der Waals surface area contributed by atoms with E-state index in [9.17, 15) is 5.11 Å². The average Bonchev–Trinajstić information content (AvgIpc) is 2.67. The second-order valence-electron chi connectivity index (χ2n) is 6.04. The monoisotopic (exact) mass is 412 g/mol. The maximum atomic E-state index is 9.29. The van der Waals surface area contributed by atoms with Gasteiger partial charge in [0, 0.05) is 28.7 Å². The first kappa shape index (κ1) is 18.4. The van der Waals surface area contributed by atoms with Crippen LogP contribution in [0.1, 0.15) is 12.5 Å². The van der Waals surface area contributed by atoms with Gasteiger partial charge in [-0.25, -0.2) is 4.98 Å². The molecule has 0 spiro atoms. The Morgan fingerprint density at radius 1 is 1.04 bits per heavy atom. The molecule has 0 aliphatic heterocycles. The Morgan fingerprint density at radius 3 is 2.58 bits per heavy atom. The van der Waals surface area contributed by atoms with E-state index in [-0.39, 0.29) is 12.6 Å². The fourth-order valence-corrected chi connectivity index (χ4v) is 2.91. The highest BCUT2D eigenvalue weighted by Crippen LogP contribution is 2.22. The van der Waals surface area contributed by atoms with Crippen molar-refractivity contribution in [1.82, 2.24) is 9.97 Å². The van der Waals surface area contributed by atoms with Crippen LogP contribution in [0.3, 0.4) is 0 Å². The number of aliphatic hydroxyl groups is 1. The Labute approximate surface area is 161 Å². The molecule has 0 fully saturated rings. The van der Waals surface area contributed by atoms with Gasteiger partial charge >= 0.3 is 0 Å².